The van der Waals surface area contributed by atoms with Crippen LogP contribution in [0.25, 0.3) is 0 Å². The summed E-state index contributed by atoms with van der Waals surface area (Å²) in [5.74, 6) is 0. The molecule has 0 saturated heterocycles. The van der Waals surface area contributed by atoms with E-state index in [0.29, 0.717) is 5.56 Å². The highest BCUT2D eigenvalue weighted by atomic mass is 16.6. The highest BCUT2D eigenvalue weighted by Crippen LogP contribution is 2.26. The molecular formula is C16H17NO3. The molecule has 4 heteroatoms. The average molecular weight is 271 g/mol. The first kappa shape index (κ1) is 14.2. The Morgan fingerprint density at radius 1 is 1.10 bits per heavy atom. The van der Waals surface area contributed by atoms with E-state index in [9.17, 15) is 15.2 Å². The fraction of sp³-hybridized carbons (Fsp3) is 0.250. The van der Waals surface area contributed by atoms with Crippen LogP contribution in [-0.2, 0) is 12.8 Å². The monoisotopic (exact) mass is 271 g/mol. The van der Waals surface area contributed by atoms with E-state index in [1.165, 1.54) is 6.07 Å². The van der Waals surface area contributed by atoms with Crippen molar-refractivity contribution in [3.05, 3.63) is 75.3 Å². The lowest BCUT2D eigenvalue weighted by Crippen LogP contribution is -2.06. The molecular weight excluding hydrogens is 254 g/mol. The number of aliphatic hydroxyl groups is 1. The summed E-state index contributed by atoms with van der Waals surface area (Å²) in [4.78, 5) is 10.6. The summed E-state index contributed by atoms with van der Waals surface area (Å²) < 4.78 is 0. The van der Waals surface area contributed by atoms with Crippen LogP contribution in [-0.4, -0.2) is 10.0 Å². The third kappa shape index (κ3) is 3.03. The van der Waals surface area contributed by atoms with Crippen molar-refractivity contribution in [1.29, 1.82) is 0 Å². The van der Waals surface area contributed by atoms with E-state index in [2.05, 4.69) is 0 Å². The van der Waals surface area contributed by atoms with Crippen LogP contribution in [0.5, 0.6) is 0 Å². The Kier molecular flexibility index (Phi) is 4.48. The lowest BCUT2D eigenvalue weighted by molar-refractivity contribution is -0.385. The molecule has 0 aliphatic rings. The van der Waals surface area contributed by atoms with Crippen molar-refractivity contribution < 1.29 is 10.0 Å². The molecule has 0 aliphatic carbocycles. The summed E-state index contributed by atoms with van der Waals surface area (Å²) in [6, 6.07) is 14.2. The number of aliphatic hydroxyl groups excluding tert-OH is 1. The molecule has 0 radical (unpaired) electrons. The normalized spacial score (nSPS) is 12.1. The molecule has 2 rings (SSSR count). The molecule has 2 aromatic rings. The minimum Gasteiger partial charge on any atom is -0.388 e. The quantitative estimate of drug-likeness (QED) is 0.669. The first-order valence-corrected chi connectivity index (χ1v) is 6.61. The minimum atomic E-state index is -0.729. The predicted octanol–water partition coefficient (Wildman–Crippen LogP) is 3.43. The van der Waals surface area contributed by atoms with Crippen LogP contribution in [0.3, 0.4) is 0 Å². The topological polar surface area (TPSA) is 63.4 Å². The fourth-order valence-corrected chi connectivity index (χ4v) is 2.36. The Balaban J connectivity index is 2.28. The number of benzene rings is 2. The second-order valence-corrected chi connectivity index (χ2v) is 4.66. The van der Waals surface area contributed by atoms with Gasteiger partial charge in [-0.3, -0.25) is 10.1 Å². The van der Waals surface area contributed by atoms with Gasteiger partial charge in [0.1, 0.15) is 0 Å². The molecule has 104 valence electrons. The van der Waals surface area contributed by atoms with Gasteiger partial charge in [-0.05, 0) is 17.5 Å². The zero-order valence-electron chi connectivity index (χ0n) is 11.3. The van der Waals surface area contributed by atoms with Gasteiger partial charge in [0, 0.05) is 18.1 Å². The first-order valence-electron chi connectivity index (χ1n) is 6.61. The van der Waals surface area contributed by atoms with Crippen molar-refractivity contribution >= 4 is 5.69 Å². The molecule has 0 spiro atoms. The lowest BCUT2D eigenvalue weighted by Gasteiger charge is -2.15. The summed E-state index contributed by atoms with van der Waals surface area (Å²) in [5.41, 5.74) is 2.52. The molecule has 1 N–H and O–H groups in total. The Bertz CT molecular complexity index is 610. The van der Waals surface area contributed by atoms with Gasteiger partial charge in [-0.1, -0.05) is 49.4 Å². The molecule has 0 bridgehead atoms. The van der Waals surface area contributed by atoms with Gasteiger partial charge in [-0.2, -0.15) is 0 Å². The van der Waals surface area contributed by atoms with Gasteiger partial charge in [0.15, 0.2) is 0 Å². The Labute approximate surface area is 117 Å². The van der Waals surface area contributed by atoms with Crippen LogP contribution < -0.4 is 0 Å². The fourth-order valence-electron chi connectivity index (χ4n) is 2.36. The second kappa shape index (κ2) is 6.30. The molecule has 2 aromatic carbocycles. The number of nitro groups is 1. The zero-order chi connectivity index (χ0) is 14.5. The number of hydrogen-bond acceptors (Lipinski definition) is 3. The molecule has 0 heterocycles. The van der Waals surface area contributed by atoms with E-state index >= 15 is 0 Å². The van der Waals surface area contributed by atoms with Gasteiger partial charge < -0.3 is 5.11 Å². The van der Waals surface area contributed by atoms with E-state index < -0.39 is 11.0 Å². The van der Waals surface area contributed by atoms with Crippen molar-refractivity contribution in [2.45, 2.75) is 25.9 Å². The van der Waals surface area contributed by atoms with Crippen molar-refractivity contribution in [2.75, 3.05) is 0 Å². The zero-order valence-corrected chi connectivity index (χ0v) is 11.3. The molecule has 1 unspecified atom stereocenters. The summed E-state index contributed by atoms with van der Waals surface area (Å²) in [6.45, 7) is 2.02. The van der Waals surface area contributed by atoms with Gasteiger partial charge >= 0.3 is 0 Å². The lowest BCUT2D eigenvalue weighted by atomic mass is 9.95. The number of hydrogen-bond donors (Lipinski definition) is 1. The number of rotatable bonds is 5. The molecule has 0 saturated carbocycles. The van der Waals surface area contributed by atoms with Gasteiger partial charge in [0.05, 0.1) is 11.0 Å². The summed E-state index contributed by atoms with van der Waals surface area (Å²) >= 11 is 0. The molecule has 4 nitrogen and oxygen atoms in total. The maximum absolute atomic E-state index is 11.0. The molecule has 0 aliphatic heterocycles. The van der Waals surface area contributed by atoms with Crippen LogP contribution in [0.1, 0.15) is 29.7 Å². The van der Waals surface area contributed by atoms with E-state index in [4.69, 9.17) is 0 Å². The number of nitrogens with zero attached hydrogens (tertiary/aromatic N) is 1. The van der Waals surface area contributed by atoms with E-state index in [0.717, 1.165) is 17.5 Å². The Morgan fingerprint density at radius 3 is 2.35 bits per heavy atom. The van der Waals surface area contributed by atoms with E-state index in [1.807, 2.05) is 31.2 Å². The smallest absolute Gasteiger partial charge is 0.272 e. The van der Waals surface area contributed by atoms with Crippen molar-refractivity contribution in [3.8, 4) is 0 Å². The maximum Gasteiger partial charge on any atom is 0.272 e. The molecule has 1 atom stereocenters. The molecule has 0 amide bonds. The highest BCUT2D eigenvalue weighted by molar-refractivity contribution is 5.41. The Morgan fingerprint density at radius 2 is 1.70 bits per heavy atom. The molecule has 0 fully saturated rings. The summed E-state index contributed by atoms with van der Waals surface area (Å²) in [6.07, 6.45) is 0.338. The van der Waals surface area contributed by atoms with Crippen LogP contribution in [0, 0.1) is 10.1 Å². The second-order valence-electron chi connectivity index (χ2n) is 4.66. The van der Waals surface area contributed by atoms with Gasteiger partial charge in [-0.25, -0.2) is 0 Å². The van der Waals surface area contributed by atoms with Crippen molar-refractivity contribution in [1.82, 2.24) is 0 Å². The number of nitro benzene ring substituents is 1. The average Bonchev–Trinajstić information content (AvgIpc) is 2.47. The van der Waals surface area contributed by atoms with Gasteiger partial charge in [0.25, 0.3) is 5.69 Å². The maximum atomic E-state index is 11.0. The molecule has 0 aromatic heterocycles. The van der Waals surface area contributed by atoms with E-state index in [1.54, 1.807) is 18.2 Å². The van der Waals surface area contributed by atoms with Crippen LogP contribution in [0.4, 0.5) is 5.69 Å². The van der Waals surface area contributed by atoms with Crippen molar-refractivity contribution in [3.63, 3.8) is 0 Å². The van der Waals surface area contributed by atoms with Crippen LogP contribution in [0.2, 0.25) is 0 Å². The Hall–Kier alpha value is -2.20. The number of para-hydroxylation sites is 1. The van der Waals surface area contributed by atoms with E-state index in [-0.39, 0.29) is 12.1 Å². The summed E-state index contributed by atoms with van der Waals surface area (Å²) in [7, 11) is 0. The third-order valence-electron chi connectivity index (χ3n) is 3.40. The number of aryl methyl sites for hydroxylation is 1. The highest BCUT2D eigenvalue weighted by Gasteiger charge is 2.18. The standard InChI is InChI=1S/C16H17NO3/c1-2-12-7-3-5-9-14(12)16(18)11-13-8-4-6-10-15(13)17(19)20/h3-10,16,18H,2,11H2,1H3. The largest absolute Gasteiger partial charge is 0.388 e. The van der Waals surface area contributed by atoms with Crippen LogP contribution >= 0.6 is 0 Å². The van der Waals surface area contributed by atoms with Crippen molar-refractivity contribution in [2.24, 2.45) is 0 Å². The predicted molar refractivity (Wildman–Crippen MR) is 77.6 cm³/mol. The molecule has 20 heavy (non-hydrogen) atoms. The first-order chi connectivity index (χ1) is 9.63. The SMILES string of the molecule is CCc1ccccc1C(O)Cc1ccccc1[N+](=O)[O-]. The van der Waals surface area contributed by atoms with Gasteiger partial charge in [0.2, 0.25) is 0 Å². The summed E-state index contributed by atoms with van der Waals surface area (Å²) in [5, 5.41) is 21.4. The third-order valence-corrected chi connectivity index (χ3v) is 3.40. The van der Waals surface area contributed by atoms with Crippen LogP contribution in [0.15, 0.2) is 48.5 Å². The van der Waals surface area contributed by atoms with Gasteiger partial charge in [-0.15, -0.1) is 0 Å². The minimum absolute atomic E-state index is 0.0560.